The van der Waals surface area contributed by atoms with E-state index in [1.54, 1.807) is 7.11 Å². The van der Waals surface area contributed by atoms with E-state index in [0.29, 0.717) is 19.8 Å². The second-order valence-corrected chi connectivity index (χ2v) is 5.98. The highest BCUT2D eigenvalue weighted by atomic mass is 16.5. The Morgan fingerprint density at radius 1 is 1.08 bits per heavy atom. The fourth-order valence-electron chi connectivity index (χ4n) is 2.42. The molecule has 0 saturated heterocycles. The number of aliphatic imine (C=N–C) groups is 1. The molecular weight excluding hydrogens is 330 g/mol. The number of benzene rings is 1. The number of hydrogen-bond donors (Lipinski definition) is 1. The predicted molar refractivity (Wildman–Crippen MR) is 107 cm³/mol. The minimum atomic E-state index is 0.652. The van der Waals surface area contributed by atoms with Crippen molar-refractivity contribution in [2.24, 2.45) is 4.99 Å². The Hall–Kier alpha value is -1.79. The number of unbranched alkanes of at least 4 members (excludes halogenated alkanes) is 1. The maximum atomic E-state index is 5.49. The summed E-state index contributed by atoms with van der Waals surface area (Å²) in [6.07, 6.45) is 2.02. The Morgan fingerprint density at radius 3 is 2.50 bits per heavy atom. The SMILES string of the molecule is CCNC(=NCCCCOCCOC)N(C)Cc1ccc(OCC)cc1. The van der Waals surface area contributed by atoms with Crippen molar-refractivity contribution in [2.75, 3.05) is 53.7 Å². The van der Waals surface area contributed by atoms with Gasteiger partial charge in [-0.3, -0.25) is 4.99 Å². The number of nitrogens with zero attached hydrogens (tertiary/aromatic N) is 2. The van der Waals surface area contributed by atoms with E-state index in [1.807, 2.05) is 19.1 Å². The fraction of sp³-hybridized carbons (Fsp3) is 0.650. The normalized spacial score (nSPS) is 11.5. The largest absolute Gasteiger partial charge is 0.494 e. The van der Waals surface area contributed by atoms with E-state index in [0.717, 1.165) is 50.8 Å². The minimum Gasteiger partial charge on any atom is -0.494 e. The van der Waals surface area contributed by atoms with Crippen LogP contribution in [0, 0.1) is 0 Å². The van der Waals surface area contributed by atoms with Crippen molar-refractivity contribution >= 4 is 5.96 Å². The fourth-order valence-corrected chi connectivity index (χ4v) is 2.42. The molecule has 1 aromatic rings. The standard InChI is InChI=1S/C20H35N3O3/c1-5-21-20(22-13-7-8-14-25-16-15-24-4)23(3)17-18-9-11-19(12-10-18)26-6-2/h9-12H,5-8,13-17H2,1-4H3,(H,21,22). The smallest absolute Gasteiger partial charge is 0.193 e. The lowest BCUT2D eigenvalue weighted by atomic mass is 10.2. The van der Waals surface area contributed by atoms with E-state index in [9.17, 15) is 0 Å². The molecule has 0 fully saturated rings. The molecule has 1 N–H and O–H groups in total. The maximum Gasteiger partial charge on any atom is 0.193 e. The van der Waals surface area contributed by atoms with Gasteiger partial charge in [0.15, 0.2) is 5.96 Å². The van der Waals surface area contributed by atoms with Gasteiger partial charge in [-0.2, -0.15) is 0 Å². The lowest BCUT2D eigenvalue weighted by molar-refractivity contribution is 0.0690. The average Bonchev–Trinajstić information content (AvgIpc) is 2.64. The summed E-state index contributed by atoms with van der Waals surface area (Å²) >= 11 is 0. The number of hydrogen-bond acceptors (Lipinski definition) is 4. The zero-order chi connectivity index (χ0) is 19.0. The van der Waals surface area contributed by atoms with Crippen molar-refractivity contribution < 1.29 is 14.2 Å². The second-order valence-electron chi connectivity index (χ2n) is 5.98. The first-order valence-electron chi connectivity index (χ1n) is 9.49. The maximum absolute atomic E-state index is 5.49. The molecule has 26 heavy (non-hydrogen) atoms. The Morgan fingerprint density at radius 2 is 1.85 bits per heavy atom. The number of rotatable bonds is 13. The summed E-state index contributed by atoms with van der Waals surface area (Å²) in [7, 11) is 3.75. The molecule has 0 atom stereocenters. The molecule has 6 heteroatoms. The molecule has 0 heterocycles. The molecular formula is C20H35N3O3. The van der Waals surface area contributed by atoms with Gasteiger partial charge in [-0.1, -0.05) is 12.1 Å². The van der Waals surface area contributed by atoms with Gasteiger partial charge in [0.2, 0.25) is 0 Å². The van der Waals surface area contributed by atoms with E-state index < -0.39 is 0 Å². The lowest BCUT2D eigenvalue weighted by Gasteiger charge is -2.22. The van der Waals surface area contributed by atoms with Crippen LogP contribution in [0.3, 0.4) is 0 Å². The van der Waals surface area contributed by atoms with Gasteiger partial charge in [0.1, 0.15) is 5.75 Å². The summed E-state index contributed by atoms with van der Waals surface area (Å²) in [5, 5.41) is 3.36. The molecule has 0 aromatic heterocycles. The first-order valence-corrected chi connectivity index (χ1v) is 9.49. The third kappa shape index (κ3) is 9.63. The highest BCUT2D eigenvalue weighted by molar-refractivity contribution is 5.79. The number of ether oxygens (including phenoxy) is 3. The van der Waals surface area contributed by atoms with Crippen LogP contribution in [0.25, 0.3) is 0 Å². The Labute approximate surface area is 158 Å². The molecule has 1 aromatic carbocycles. The van der Waals surface area contributed by atoms with Crippen molar-refractivity contribution in [3.63, 3.8) is 0 Å². The molecule has 0 unspecified atom stereocenters. The lowest BCUT2D eigenvalue weighted by Crippen LogP contribution is -2.38. The number of methoxy groups -OCH3 is 1. The van der Waals surface area contributed by atoms with Crippen molar-refractivity contribution in [2.45, 2.75) is 33.2 Å². The van der Waals surface area contributed by atoms with E-state index in [1.165, 1.54) is 5.56 Å². The molecule has 0 saturated carbocycles. The predicted octanol–water partition coefficient (Wildman–Crippen LogP) is 2.93. The van der Waals surface area contributed by atoms with Crippen LogP contribution < -0.4 is 10.1 Å². The molecule has 0 bridgehead atoms. The summed E-state index contributed by atoms with van der Waals surface area (Å²) < 4.78 is 15.9. The highest BCUT2D eigenvalue weighted by Crippen LogP contribution is 2.13. The Bertz CT molecular complexity index is 492. The van der Waals surface area contributed by atoms with Gasteiger partial charge in [0, 0.05) is 40.4 Å². The first kappa shape index (κ1) is 22.3. The van der Waals surface area contributed by atoms with Crippen LogP contribution in [0.5, 0.6) is 5.75 Å². The first-order chi connectivity index (χ1) is 12.7. The molecule has 0 aliphatic carbocycles. The summed E-state index contributed by atoms with van der Waals surface area (Å²) in [6.45, 7) is 9.29. The van der Waals surface area contributed by atoms with E-state index >= 15 is 0 Å². The Kier molecular flexibility index (Phi) is 12.3. The van der Waals surface area contributed by atoms with E-state index in [2.05, 4.69) is 36.3 Å². The summed E-state index contributed by atoms with van der Waals surface area (Å²) in [6, 6.07) is 8.23. The van der Waals surface area contributed by atoms with Gasteiger partial charge in [0.25, 0.3) is 0 Å². The third-order valence-corrected chi connectivity index (χ3v) is 3.74. The van der Waals surface area contributed by atoms with E-state index in [4.69, 9.17) is 19.2 Å². The monoisotopic (exact) mass is 365 g/mol. The van der Waals surface area contributed by atoms with Crippen LogP contribution in [0.2, 0.25) is 0 Å². The second kappa shape index (κ2) is 14.4. The quantitative estimate of drug-likeness (QED) is 0.331. The molecule has 0 spiro atoms. The average molecular weight is 366 g/mol. The zero-order valence-electron chi connectivity index (χ0n) is 16.8. The molecule has 0 radical (unpaired) electrons. The minimum absolute atomic E-state index is 0.652. The van der Waals surface area contributed by atoms with Gasteiger partial charge in [-0.15, -0.1) is 0 Å². The van der Waals surface area contributed by atoms with Crippen molar-refractivity contribution in [3.05, 3.63) is 29.8 Å². The Balaban J connectivity index is 2.40. The van der Waals surface area contributed by atoms with Gasteiger partial charge >= 0.3 is 0 Å². The molecule has 0 aliphatic heterocycles. The van der Waals surface area contributed by atoms with Crippen LogP contribution >= 0.6 is 0 Å². The summed E-state index contributed by atoms with van der Waals surface area (Å²) in [5.74, 6) is 1.84. The third-order valence-electron chi connectivity index (χ3n) is 3.74. The molecule has 0 amide bonds. The number of nitrogens with one attached hydrogen (secondary N) is 1. The van der Waals surface area contributed by atoms with Crippen LogP contribution in [0.15, 0.2) is 29.3 Å². The van der Waals surface area contributed by atoms with Gasteiger partial charge in [-0.05, 0) is 44.4 Å². The molecule has 148 valence electrons. The van der Waals surface area contributed by atoms with Gasteiger partial charge in [-0.25, -0.2) is 0 Å². The van der Waals surface area contributed by atoms with Crippen LogP contribution in [-0.2, 0) is 16.0 Å². The van der Waals surface area contributed by atoms with Crippen LogP contribution in [0.4, 0.5) is 0 Å². The highest BCUT2D eigenvalue weighted by Gasteiger charge is 2.06. The van der Waals surface area contributed by atoms with Crippen molar-refractivity contribution in [1.82, 2.24) is 10.2 Å². The molecule has 0 aliphatic rings. The van der Waals surface area contributed by atoms with Gasteiger partial charge < -0.3 is 24.4 Å². The van der Waals surface area contributed by atoms with Crippen LogP contribution in [-0.4, -0.2) is 64.5 Å². The van der Waals surface area contributed by atoms with Crippen LogP contribution in [0.1, 0.15) is 32.3 Å². The van der Waals surface area contributed by atoms with Gasteiger partial charge in [0.05, 0.1) is 19.8 Å². The van der Waals surface area contributed by atoms with Crippen molar-refractivity contribution in [1.29, 1.82) is 0 Å². The summed E-state index contributed by atoms with van der Waals surface area (Å²) in [5.41, 5.74) is 1.23. The topological polar surface area (TPSA) is 55.3 Å². The summed E-state index contributed by atoms with van der Waals surface area (Å²) in [4.78, 5) is 6.86. The molecule has 1 rings (SSSR count). The molecule has 6 nitrogen and oxygen atoms in total. The number of guanidine groups is 1. The van der Waals surface area contributed by atoms with Crippen molar-refractivity contribution in [3.8, 4) is 5.75 Å². The zero-order valence-corrected chi connectivity index (χ0v) is 16.8. The van der Waals surface area contributed by atoms with E-state index in [-0.39, 0.29) is 0 Å².